The van der Waals surface area contributed by atoms with Crippen molar-refractivity contribution in [1.29, 1.82) is 0 Å². The van der Waals surface area contributed by atoms with Gasteiger partial charge in [0.25, 0.3) is 11.5 Å². The van der Waals surface area contributed by atoms with E-state index in [4.69, 9.17) is 4.74 Å². The molecule has 27 heavy (non-hydrogen) atoms. The number of hydrogen-bond donors (Lipinski definition) is 2. The van der Waals surface area contributed by atoms with Crippen molar-refractivity contribution in [1.82, 2.24) is 15.5 Å². The van der Waals surface area contributed by atoms with Crippen molar-refractivity contribution in [3.63, 3.8) is 0 Å². The van der Waals surface area contributed by atoms with Gasteiger partial charge < -0.3 is 10.1 Å². The van der Waals surface area contributed by atoms with E-state index in [0.717, 1.165) is 19.3 Å². The first kappa shape index (κ1) is 19.1. The van der Waals surface area contributed by atoms with E-state index in [9.17, 15) is 14.4 Å². The number of fused-ring (bicyclic) bond motifs is 1. The molecule has 1 aromatic heterocycles. The minimum absolute atomic E-state index is 0.116. The second-order valence-electron chi connectivity index (χ2n) is 7.23. The highest BCUT2D eigenvalue weighted by Crippen LogP contribution is 2.23. The Morgan fingerprint density at radius 1 is 1.26 bits per heavy atom. The molecular weight excluding hydrogens is 346 g/mol. The zero-order chi connectivity index (χ0) is 19.4. The third-order valence-electron chi connectivity index (χ3n) is 5.20. The summed E-state index contributed by atoms with van der Waals surface area (Å²) in [6.07, 6.45) is 3.37. The maximum atomic E-state index is 12.4. The summed E-state index contributed by atoms with van der Waals surface area (Å²) in [7, 11) is 0. The number of nitrogens with one attached hydrogen (secondary N) is 2. The average molecular weight is 371 g/mol. The van der Waals surface area contributed by atoms with Crippen molar-refractivity contribution in [3.05, 3.63) is 40.3 Å². The van der Waals surface area contributed by atoms with Crippen LogP contribution in [0.4, 0.5) is 0 Å². The van der Waals surface area contributed by atoms with Crippen molar-refractivity contribution in [3.8, 4) is 0 Å². The molecule has 1 heterocycles. The van der Waals surface area contributed by atoms with Crippen LogP contribution in [0.2, 0.25) is 0 Å². The number of hydrogen-bond acceptors (Lipinski definition) is 5. The van der Waals surface area contributed by atoms with E-state index < -0.39 is 12.1 Å². The normalized spacial score (nSPS) is 20.8. The number of carbonyl (C=O) groups excluding carboxylic acids is 2. The Labute approximate surface area is 157 Å². The van der Waals surface area contributed by atoms with Gasteiger partial charge in [0, 0.05) is 11.4 Å². The van der Waals surface area contributed by atoms with Crippen molar-refractivity contribution >= 4 is 22.6 Å². The monoisotopic (exact) mass is 371 g/mol. The van der Waals surface area contributed by atoms with Crippen LogP contribution in [0, 0.1) is 5.92 Å². The van der Waals surface area contributed by atoms with E-state index >= 15 is 0 Å². The highest BCUT2D eigenvalue weighted by atomic mass is 16.5. The molecule has 1 fully saturated rings. The number of ether oxygens (including phenoxy) is 1. The van der Waals surface area contributed by atoms with Crippen molar-refractivity contribution < 1.29 is 14.3 Å². The number of amides is 1. The molecule has 0 saturated heterocycles. The smallest absolute Gasteiger partial charge is 0.312 e. The van der Waals surface area contributed by atoms with Crippen LogP contribution < -0.4 is 10.9 Å². The molecule has 0 radical (unpaired) electrons. The fraction of sp³-hybridized carbons (Fsp3) is 0.500. The van der Waals surface area contributed by atoms with E-state index in [-0.39, 0.29) is 23.9 Å². The van der Waals surface area contributed by atoms with Crippen molar-refractivity contribution in [2.45, 2.75) is 58.1 Å². The minimum Gasteiger partial charge on any atom is -0.452 e. The minimum atomic E-state index is -0.874. The summed E-state index contributed by atoms with van der Waals surface area (Å²) in [5, 5.41) is 10.4. The molecule has 0 aliphatic heterocycles. The van der Waals surface area contributed by atoms with Gasteiger partial charge in [-0.05, 0) is 31.7 Å². The van der Waals surface area contributed by atoms with E-state index in [1.54, 1.807) is 31.2 Å². The maximum absolute atomic E-state index is 12.4. The van der Waals surface area contributed by atoms with Gasteiger partial charge in [-0.25, -0.2) is 5.10 Å². The standard InChI is InChI=1S/C20H25N3O4/c1-12-7-3-6-10-16(12)21-19(25)13(2)27-18(24)11-17-14-8-4-5-9-15(14)20(26)23-22-17/h4-5,8-9,12-13,16H,3,6-7,10-11H2,1-2H3,(H,21,25)(H,23,26)/t12-,13+,16-/m0/s1. The Kier molecular flexibility index (Phi) is 5.88. The van der Waals surface area contributed by atoms with Crippen LogP contribution in [0.15, 0.2) is 29.1 Å². The van der Waals surface area contributed by atoms with E-state index in [0.29, 0.717) is 22.4 Å². The Hall–Kier alpha value is -2.70. The molecule has 0 spiro atoms. The summed E-state index contributed by atoms with van der Waals surface area (Å²) >= 11 is 0. The molecule has 0 unspecified atom stereocenters. The summed E-state index contributed by atoms with van der Waals surface area (Å²) < 4.78 is 5.29. The zero-order valence-electron chi connectivity index (χ0n) is 15.7. The SMILES string of the molecule is C[C@@H](OC(=O)Cc1n[nH]c(=O)c2ccccc12)C(=O)N[C@H]1CCCC[C@@H]1C. The Balaban J connectivity index is 1.61. The van der Waals surface area contributed by atoms with Crippen LogP contribution in [-0.2, 0) is 20.7 Å². The van der Waals surface area contributed by atoms with Gasteiger partial charge in [-0.3, -0.25) is 14.4 Å². The second kappa shape index (κ2) is 8.33. The number of benzene rings is 1. The van der Waals surface area contributed by atoms with Gasteiger partial charge in [0.1, 0.15) is 0 Å². The predicted octanol–water partition coefficient (Wildman–Crippen LogP) is 2.09. The van der Waals surface area contributed by atoms with Gasteiger partial charge in [-0.1, -0.05) is 38.0 Å². The zero-order valence-corrected chi connectivity index (χ0v) is 15.7. The first-order valence-electron chi connectivity index (χ1n) is 9.42. The summed E-state index contributed by atoms with van der Waals surface area (Å²) in [5.74, 6) is -0.400. The summed E-state index contributed by atoms with van der Waals surface area (Å²) in [4.78, 5) is 36.4. The highest BCUT2D eigenvalue weighted by Gasteiger charge is 2.26. The van der Waals surface area contributed by atoms with Crippen LogP contribution in [0.1, 0.15) is 45.2 Å². The molecule has 1 saturated carbocycles. The van der Waals surface area contributed by atoms with Gasteiger partial charge in [-0.2, -0.15) is 5.10 Å². The molecule has 7 heteroatoms. The van der Waals surface area contributed by atoms with E-state index in [1.807, 2.05) is 0 Å². The fourth-order valence-electron chi connectivity index (χ4n) is 3.57. The summed E-state index contributed by atoms with van der Waals surface area (Å²) in [5.41, 5.74) is 0.112. The average Bonchev–Trinajstić information content (AvgIpc) is 2.66. The van der Waals surface area contributed by atoms with Gasteiger partial charge in [-0.15, -0.1) is 0 Å². The molecule has 1 aliphatic carbocycles. The topological polar surface area (TPSA) is 101 Å². The summed E-state index contributed by atoms with van der Waals surface area (Å²) in [6, 6.07) is 7.07. The molecule has 144 valence electrons. The lowest BCUT2D eigenvalue weighted by molar-refractivity contribution is -0.154. The number of nitrogens with zero attached hydrogens (tertiary/aromatic N) is 1. The van der Waals surface area contributed by atoms with Crippen molar-refractivity contribution in [2.24, 2.45) is 5.92 Å². The second-order valence-corrected chi connectivity index (χ2v) is 7.23. The molecule has 1 aromatic carbocycles. The molecule has 7 nitrogen and oxygen atoms in total. The first-order chi connectivity index (χ1) is 13.0. The van der Waals surface area contributed by atoms with Crippen LogP contribution in [0.25, 0.3) is 10.8 Å². The Morgan fingerprint density at radius 2 is 1.96 bits per heavy atom. The lowest BCUT2D eigenvalue weighted by atomic mass is 9.86. The van der Waals surface area contributed by atoms with Gasteiger partial charge >= 0.3 is 5.97 Å². The molecule has 1 aliphatic rings. The highest BCUT2D eigenvalue weighted by molar-refractivity contribution is 5.88. The molecule has 0 bridgehead atoms. The largest absolute Gasteiger partial charge is 0.452 e. The number of carbonyl (C=O) groups is 2. The number of rotatable bonds is 5. The third-order valence-corrected chi connectivity index (χ3v) is 5.20. The molecular formula is C20H25N3O4. The number of esters is 1. The lowest BCUT2D eigenvalue weighted by Crippen LogP contribution is -2.46. The molecule has 2 N–H and O–H groups in total. The summed E-state index contributed by atoms with van der Waals surface area (Å²) in [6.45, 7) is 3.70. The Bertz CT molecular complexity index is 892. The molecule has 2 aromatic rings. The number of aromatic nitrogens is 2. The van der Waals surface area contributed by atoms with Crippen LogP contribution in [-0.4, -0.2) is 34.2 Å². The third kappa shape index (κ3) is 4.53. The van der Waals surface area contributed by atoms with E-state index in [1.165, 1.54) is 6.42 Å². The lowest BCUT2D eigenvalue weighted by Gasteiger charge is -2.30. The Morgan fingerprint density at radius 3 is 2.70 bits per heavy atom. The number of H-pyrrole nitrogens is 1. The quantitative estimate of drug-likeness (QED) is 0.784. The fourth-order valence-corrected chi connectivity index (χ4v) is 3.57. The van der Waals surface area contributed by atoms with Crippen molar-refractivity contribution in [2.75, 3.05) is 0 Å². The molecule has 1 amide bonds. The predicted molar refractivity (Wildman–Crippen MR) is 101 cm³/mol. The van der Waals surface area contributed by atoms with E-state index in [2.05, 4.69) is 22.4 Å². The molecule has 3 rings (SSSR count). The number of aromatic amines is 1. The van der Waals surface area contributed by atoms with Gasteiger partial charge in [0.05, 0.1) is 17.5 Å². The van der Waals surface area contributed by atoms with Gasteiger partial charge in [0.15, 0.2) is 6.10 Å². The van der Waals surface area contributed by atoms with Gasteiger partial charge in [0.2, 0.25) is 0 Å². The maximum Gasteiger partial charge on any atom is 0.312 e. The van der Waals surface area contributed by atoms with Crippen LogP contribution in [0.3, 0.4) is 0 Å². The van der Waals surface area contributed by atoms with Crippen LogP contribution in [0.5, 0.6) is 0 Å². The molecule has 3 atom stereocenters. The van der Waals surface area contributed by atoms with Crippen LogP contribution >= 0.6 is 0 Å². The first-order valence-corrected chi connectivity index (χ1v) is 9.42.